The van der Waals surface area contributed by atoms with E-state index in [2.05, 4.69) is 14.5 Å². The first kappa shape index (κ1) is 14.9. The smallest absolute Gasteiger partial charge is 0.273 e. The molecule has 6 nitrogen and oxygen atoms in total. The predicted molar refractivity (Wildman–Crippen MR) is 89.9 cm³/mol. The maximum Gasteiger partial charge on any atom is 0.273 e. The van der Waals surface area contributed by atoms with Crippen molar-refractivity contribution in [3.05, 3.63) is 65.1 Å². The van der Waals surface area contributed by atoms with Gasteiger partial charge in [-0.1, -0.05) is 0 Å². The van der Waals surface area contributed by atoms with Crippen LogP contribution in [0.25, 0.3) is 0 Å². The molecule has 4 heterocycles. The molecule has 4 rings (SSSR count). The van der Waals surface area contributed by atoms with E-state index >= 15 is 0 Å². The molecular weight excluding hydrogens is 324 g/mol. The van der Waals surface area contributed by atoms with Crippen LogP contribution in [0.2, 0.25) is 0 Å². The fourth-order valence-corrected chi connectivity index (χ4v) is 3.40. The normalized spacial score (nSPS) is 17.2. The minimum atomic E-state index is -0.148. The van der Waals surface area contributed by atoms with Crippen molar-refractivity contribution in [3.63, 3.8) is 0 Å². The number of aromatic nitrogens is 3. The molecule has 24 heavy (non-hydrogen) atoms. The maximum atomic E-state index is 12.7. The summed E-state index contributed by atoms with van der Waals surface area (Å²) in [5, 5.41) is 1.78. The third-order valence-electron chi connectivity index (χ3n) is 3.98. The minimum absolute atomic E-state index is 0.0642. The van der Waals surface area contributed by atoms with Crippen molar-refractivity contribution in [1.82, 2.24) is 19.4 Å². The van der Waals surface area contributed by atoms with Crippen LogP contribution in [0.15, 0.2) is 53.7 Å². The summed E-state index contributed by atoms with van der Waals surface area (Å²) in [5.74, 6) is 0.643. The van der Waals surface area contributed by atoms with Crippen molar-refractivity contribution >= 4 is 17.2 Å². The van der Waals surface area contributed by atoms with Gasteiger partial charge in [-0.3, -0.25) is 9.78 Å². The fourth-order valence-electron chi connectivity index (χ4n) is 2.87. The van der Waals surface area contributed by atoms with Gasteiger partial charge < -0.3 is 14.2 Å². The molecule has 7 heteroatoms. The lowest BCUT2D eigenvalue weighted by Gasteiger charge is -2.24. The Balaban J connectivity index is 1.60. The zero-order valence-electron chi connectivity index (χ0n) is 12.9. The highest BCUT2D eigenvalue weighted by molar-refractivity contribution is 7.07. The van der Waals surface area contributed by atoms with E-state index < -0.39 is 0 Å². The quantitative estimate of drug-likeness (QED) is 0.735. The lowest BCUT2D eigenvalue weighted by molar-refractivity contribution is 0.0647. The Kier molecular flexibility index (Phi) is 4.00. The van der Waals surface area contributed by atoms with Gasteiger partial charge in [-0.05, 0) is 24.3 Å². The fraction of sp³-hybridized carbons (Fsp3) is 0.235. The molecule has 0 N–H and O–H groups in total. The molecule has 0 fully saturated rings. The number of pyridine rings is 1. The number of nitrogens with zero attached hydrogens (tertiary/aromatic N) is 4. The van der Waals surface area contributed by atoms with Gasteiger partial charge in [0.2, 0.25) is 0 Å². The van der Waals surface area contributed by atoms with Gasteiger partial charge in [0.15, 0.2) is 0 Å². The van der Waals surface area contributed by atoms with Crippen molar-refractivity contribution in [2.24, 2.45) is 0 Å². The van der Waals surface area contributed by atoms with E-state index in [0.29, 0.717) is 31.1 Å². The molecule has 1 amide bonds. The molecule has 0 radical (unpaired) electrons. The minimum Gasteiger partial charge on any atom is -0.485 e. The molecular formula is C17H16N4O2S. The number of fused-ring (bicyclic) bond motifs is 1. The standard InChI is InChI=1S/C17H16N4O2S/c22-17(16-11-24-12-19-16)21-8-13-3-2-6-20(13)9-15(10-21)23-14-4-1-5-18-7-14/h1-7,11-12,15H,8-10H2/t15-/m0/s1. The van der Waals surface area contributed by atoms with E-state index in [1.807, 2.05) is 30.5 Å². The summed E-state index contributed by atoms with van der Waals surface area (Å²) >= 11 is 1.42. The Morgan fingerprint density at radius 2 is 2.25 bits per heavy atom. The summed E-state index contributed by atoms with van der Waals surface area (Å²) in [6.45, 7) is 1.75. The number of carbonyl (C=O) groups excluding carboxylic acids is 1. The topological polar surface area (TPSA) is 60.2 Å². The summed E-state index contributed by atoms with van der Waals surface area (Å²) < 4.78 is 8.20. The van der Waals surface area contributed by atoms with Crippen LogP contribution in [0.3, 0.4) is 0 Å². The number of ether oxygens (including phenoxy) is 1. The third kappa shape index (κ3) is 3.03. The molecule has 122 valence electrons. The molecule has 1 aliphatic heterocycles. The Hall–Kier alpha value is -2.67. The van der Waals surface area contributed by atoms with Gasteiger partial charge in [0.05, 0.1) is 31.3 Å². The van der Waals surface area contributed by atoms with Crippen LogP contribution in [0.1, 0.15) is 16.2 Å². The van der Waals surface area contributed by atoms with Crippen molar-refractivity contribution in [3.8, 4) is 5.75 Å². The second kappa shape index (κ2) is 6.45. The van der Waals surface area contributed by atoms with Crippen LogP contribution in [0.4, 0.5) is 0 Å². The van der Waals surface area contributed by atoms with Crippen LogP contribution in [-0.2, 0) is 13.1 Å². The second-order valence-electron chi connectivity index (χ2n) is 5.64. The molecule has 0 unspecified atom stereocenters. The number of hydrogen-bond acceptors (Lipinski definition) is 5. The first-order chi connectivity index (χ1) is 11.8. The van der Waals surface area contributed by atoms with Gasteiger partial charge in [-0.2, -0.15) is 0 Å². The number of carbonyl (C=O) groups is 1. The van der Waals surface area contributed by atoms with Crippen LogP contribution in [0.5, 0.6) is 5.75 Å². The largest absolute Gasteiger partial charge is 0.485 e. The highest BCUT2D eigenvalue weighted by Crippen LogP contribution is 2.19. The SMILES string of the molecule is O=C(c1cscn1)N1Cc2cccn2C[C@H](Oc2cccnc2)C1. The van der Waals surface area contributed by atoms with Crippen LogP contribution in [-0.4, -0.2) is 38.0 Å². The van der Waals surface area contributed by atoms with E-state index in [1.54, 1.807) is 28.2 Å². The summed E-state index contributed by atoms with van der Waals surface area (Å²) in [6.07, 6.45) is 5.27. The molecule has 0 aliphatic carbocycles. The zero-order chi connectivity index (χ0) is 16.4. The highest BCUT2D eigenvalue weighted by Gasteiger charge is 2.27. The lowest BCUT2D eigenvalue weighted by Crippen LogP contribution is -2.38. The van der Waals surface area contributed by atoms with E-state index in [0.717, 1.165) is 5.69 Å². The van der Waals surface area contributed by atoms with E-state index in [4.69, 9.17) is 4.74 Å². The molecule has 0 spiro atoms. The lowest BCUT2D eigenvalue weighted by atomic mass is 10.3. The number of rotatable bonds is 3. The Morgan fingerprint density at radius 3 is 3.04 bits per heavy atom. The maximum absolute atomic E-state index is 12.7. The van der Waals surface area contributed by atoms with Crippen molar-refractivity contribution in [2.75, 3.05) is 6.54 Å². The monoisotopic (exact) mass is 340 g/mol. The van der Waals surface area contributed by atoms with Crippen LogP contribution in [0, 0.1) is 0 Å². The van der Waals surface area contributed by atoms with Gasteiger partial charge >= 0.3 is 0 Å². The van der Waals surface area contributed by atoms with Crippen LogP contribution >= 0.6 is 11.3 Å². The third-order valence-corrected chi connectivity index (χ3v) is 4.56. The average Bonchev–Trinajstić information content (AvgIpc) is 3.24. The molecule has 0 bridgehead atoms. The summed E-state index contributed by atoms with van der Waals surface area (Å²) in [5.41, 5.74) is 3.26. The number of thiazole rings is 1. The van der Waals surface area contributed by atoms with E-state index in [9.17, 15) is 4.79 Å². The molecule has 3 aromatic heterocycles. The molecule has 1 atom stereocenters. The van der Waals surface area contributed by atoms with Gasteiger partial charge in [0.25, 0.3) is 5.91 Å². The Labute approximate surface area is 143 Å². The van der Waals surface area contributed by atoms with Gasteiger partial charge in [-0.15, -0.1) is 11.3 Å². The van der Waals surface area contributed by atoms with Crippen molar-refractivity contribution in [2.45, 2.75) is 19.2 Å². The first-order valence-electron chi connectivity index (χ1n) is 7.68. The number of hydrogen-bond donors (Lipinski definition) is 0. The van der Waals surface area contributed by atoms with Crippen molar-refractivity contribution in [1.29, 1.82) is 0 Å². The van der Waals surface area contributed by atoms with Gasteiger partial charge in [-0.25, -0.2) is 4.98 Å². The van der Waals surface area contributed by atoms with Gasteiger partial charge in [0, 0.05) is 23.5 Å². The van der Waals surface area contributed by atoms with Gasteiger partial charge in [0.1, 0.15) is 17.5 Å². The summed E-state index contributed by atoms with van der Waals surface area (Å²) in [6, 6.07) is 7.74. The highest BCUT2D eigenvalue weighted by atomic mass is 32.1. The van der Waals surface area contributed by atoms with Crippen molar-refractivity contribution < 1.29 is 9.53 Å². The summed E-state index contributed by atoms with van der Waals surface area (Å²) in [4.78, 5) is 22.8. The Morgan fingerprint density at radius 1 is 1.29 bits per heavy atom. The van der Waals surface area contributed by atoms with E-state index in [1.165, 1.54) is 11.3 Å². The second-order valence-corrected chi connectivity index (χ2v) is 6.36. The molecule has 3 aromatic rings. The zero-order valence-corrected chi connectivity index (χ0v) is 13.7. The average molecular weight is 340 g/mol. The summed E-state index contributed by atoms with van der Waals surface area (Å²) in [7, 11) is 0. The molecule has 0 aromatic carbocycles. The molecule has 0 saturated heterocycles. The molecule has 0 saturated carbocycles. The number of amides is 1. The Bertz CT molecular complexity index is 816. The first-order valence-corrected chi connectivity index (χ1v) is 8.62. The van der Waals surface area contributed by atoms with Crippen LogP contribution < -0.4 is 4.74 Å². The predicted octanol–water partition coefficient (Wildman–Crippen LogP) is 2.44. The molecule has 1 aliphatic rings. The van der Waals surface area contributed by atoms with E-state index in [-0.39, 0.29) is 12.0 Å².